The summed E-state index contributed by atoms with van der Waals surface area (Å²) in [5.74, 6) is -3.92. The molecule has 0 bridgehead atoms. The summed E-state index contributed by atoms with van der Waals surface area (Å²) in [6.45, 7) is 3.92. The maximum Gasteiger partial charge on any atom is 0.393 e. The molecule has 1 fully saturated rings. The number of aliphatic carboxylic acids is 1. The average Bonchev–Trinajstić information content (AvgIpc) is 2.87. The van der Waals surface area contributed by atoms with Gasteiger partial charge in [-0.05, 0) is 31.0 Å². The Morgan fingerprint density at radius 3 is 2.61 bits per heavy atom. The summed E-state index contributed by atoms with van der Waals surface area (Å²) in [5, 5.41) is 8.98. The number of carbonyl (C=O) groups is 1. The van der Waals surface area contributed by atoms with Crippen molar-refractivity contribution in [3.8, 4) is 5.75 Å². The van der Waals surface area contributed by atoms with E-state index in [0.717, 1.165) is 11.1 Å². The van der Waals surface area contributed by atoms with E-state index in [4.69, 9.17) is 9.84 Å². The zero-order valence-corrected chi connectivity index (χ0v) is 13.1. The molecule has 1 N–H and O–H groups in total. The highest BCUT2D eigenvalue weighted by molar-refractivity contribution is 5.71. The molecule has 23 heavy (non-hydrogen) atoms. The summed E-state index contributed by atoms with van der Waals surface area (Å²) >= 11 is 0. The van der Waals surface area contributed by atoms with E-state index in [1.165, 1.54) is 4.90 Å². The highest BCUT2D eigenvalue weighted by atomic mass is 19.4. The van der Waals surface area contributed by atoms with Crippen molar-refractivity contribution in [1.82, 2.24) is 4.90 Å². The van der Waals surface area contributed by atoms with Crippen molar-refractivity contribution in [2.24, 2.45) is 11.8 Å². The van der Waals surface area contributed by atoms with Crippen LogP contribution >= 0.6 is 0 Å². The number of alkyl halides is 3. The van der Waals surface area contributed by atoms with Gasteiger partial charge in [0.15, 0.2) is 0 Å². The number of carboxylic acid groups (broad SMARTS) is 1. The van der Waals surface area contributed by atoms with E-state index in [1.807, 2.05) is 32.0 Å². The summed E-state index contributed by atoms with van der Waals surface area (Å²) in [5.41, 5.74) is 1.99. The average molecular weight is 331 g/mol. The van der Waals surface area contributed by atoms with Crippen LogP contribution in [0.4, 0.5) is 13.2 Å². The molecule has 7 heteroatoms. The molecule has 0 aliphatic carbocycles. The predicted octanol–water partition coefficient (Wildman–Crippen LogP) is 2.88. The summed E-state index contributed by atoms with van der Waals surface area (Å²) in [4.78, 5) is 12.5. The zero-order chi connectivity index (χ0) is 17.2. The van der Waals surface area contributed by atoms with Crippen LogP contribution < -0.4 is 4.74 Å². The van der Waals surface area contributed by atoms with Gasteiger partial charge in [0.2, 0.25) is 0 Å². The number of hydrogen-bond donors (Lipinski definition) is 1. The van der Waals surface area contributed by atoms with Gasteiger partial charge in [0.1, 0.15) is 12.4 Å². The minimum Gasteiger partial charge on any atom is -0.492 e. The first-order chi connectivity index (χ1) is 10.7. The summed E-state index contributed by atoms with van der Waals surface area (Å²) in [6, 6.07) is 5.74. The number of halogens is 3. The van der Waals surface area contributed by atoms with Gasteiger partial charge in [-0.1, -0.05) is 12.1 Å². The first-order valence-electron chi connectivity index (χ1n) is 7.40. The molecular formula is C16H20F3NO3. The van der Waals surface area contributed by atoms with Crippen LogP contribution in [-0.2, 0) is 4.79 Å². The highest BCUT2D eigenvalue weighted by Crippen LogP contribution is 2.37. The second-order valence-electron chi connectivity index (χ2n) is 5.97. The number of likely N-dealkylation sites (tertiary alicyclic amines) is 1. The molecule has 1 saturated heterocycles. The largest absolute Gasteiger partial charge is 0.492 e. The van der Waals surface area contributed by atoms with Crippen molar-refractivity contribution in [2.45, 2.75) is 20.0 Å². The molecule has 1 heterocycles. The van der Waals surface area contributed by atoms with Gasteiger partial charge < -0.3 is 9.84 Å². The number of aryl methyl sites for hydroxylation is 2. The first kappa shape index (κ1) is 17.6. The quantitative estimate of drug-likeness (QED) is 0.901. The van der Waals surface area contributed by atoms with Crippen molar-refractivity contribution < 1.29 is 27.8 Å². The Morgan fingerprint density at radius 2 is 2.04 bits per heavy atom. The van der Waals surface area contributed by atoms with E-state index >= 15 is 0 Å². The SMILES string of the molecule is Cc1ccc(C)c(OCCN2C[C@@H](C(F)(F)F)[C@H](C(=O)O)C2)c1. The molecule has 0 amide bonds. The lowest BCUT2D eigenvalue weighted by molar-refractivity contribution is -0.188. The predicted molar refractivity (Wildman–Crippen MR) is 78.5 cm³/mol. The molecule has 1 aromatic rings. The molecule has 2 rings (SSSR count). The highest BCUT2D eigenvalue weighted by Gasteiger charge is 2.52. The third-order valence-electron chi connectivity index (χ3n) is 4.14. The van der Waals surface area contributed by atoms with Gasteiger partial charge in [-0.25, -0.2) is 0 Å². The van der Waals surface area contributed by atoms with Crippen LogP contribution in [-0.4, -0.2) is 48.4 Å². The van der Waals surface area contributed by atoms with Crippen LogP contribution in [0.1, 0.15) is 11.1 Å². The fraction of sp³-hybridized carbons (Fsp3) is 0.562. The van der Waals surface area contributed by atoms with E-state index < -0.39 is 24.0 Å². The van der Waals surface area contributed by atoms with Crippen LogP contribution in [0.15, 0.2) is 18.2 Å². The molecule has 2 atom stereocenters. The van der Waals surface area contributed by atoms with Crippen LogP contribution in [0.25, 0.3) is 0 Å². The van der Waals surface area contributed by atoms with Gasteiger partial charge in [-0.3, -0.25) is 9.69 Å². The Kier molecular flexibility index (Phi) is 5.19. The number of carboxylic acids is 1. The molecular weight excluding hydrogens is 311 g/mol. The molecule has 4 nitrogen and oxygen atoms in total. The van der Waals surface area contributed by atoms with Crippen molar-refractivity contribution in [3.63, 3.8) is 0 Å². The van der Waals surface area contributed by atoms with Crippen LogP contribution in [0.2, 0.25) is 0 Å². The third-order valence-corrected chi connectivity index (χ3v) is 4.14. The minimum absolute atomic E-state index is 0.102. The summed E-state index contributed by atoms with van der Waals surface area (Å²) in [6.07, 6.45) is -4.49. The Bertz CT molecular complexity index is 574. The molecule has 0 aromatic heterocycles. The molecule has 0 spiro atoms. The lowest BCUT2D eigenvalue weighted by Crippen LogP contribution is -2.33. The minimum atomic E-state index is -4.49. The maximum atomic E-state index is 12.9. The molecule has 0 radical (unpaired) electrons. The van der Waals surface area contributed by atoms with Crippen LogP contribution in [0.5, 0.6) is 5.75 Å². The normalized spacial score (nSPS) is 22.3. The van der Waals surface area contributed by atoms with Crippen molar-refractivity contribution in [3.05, 3.63) is 29.3 Å². The van der Waals surface area contributed by atoms with Gasteiger partial charge in [-0.15, -0.1) is 0 Å². The first-order valence-corrected chi connectivity index (χ1v) is 7.40. The Balaban J connectivity index is 1.92. The number of ether oxygens (including phenoxy) is 1. The summed E-state index contributed by atoms with van der Waals surface area (Å²) in [7, 11) is 0. The molecule has 1 aromatic carbocycles. The fourth-order valence-electron chi connectivity index (χ4n) is 2.80. The van der Waals surface area contributed by atoms with E-state index in [9.17, 15) is 18.0 Å². The standard InChI is InChI=1S/C16H20F3NO3/c1-10-3-4-11(2)14(7-10)23-6-5-20-8-12(15(21)22)13(9-20)16(17,18)19/h3-4,7,12-13H,5-6,8-9H2,1-2H3,(H,21,22)/t12-,13-/m1/s1. The number of rotatable bonds is 5. The van der Waals surface area contributed by atoms with Gasteiger partial charge in [-0.2, -0.15) is 13.2 Å². The second kappa shape index (κ2) is 6.78. The lowest BCUT2D eigenvalue weighted by atomic mass is 9.96. The van der Waals surface area contributed by atoms with Crippen molar-refractivity contribution in [2.75, 3.05) is 26.2 Å². The van der Waals surface area contributed by atoms with Crippen molar-refractivity contribution >= 4 is 5.97 Å². The number of benzene rings is 1. The molecule has 0 saturated carbocycles. The Hall–Kier alpha value is -1.76. The lowest BCUT2D eigenvalue weighted by Gasteiger charge is -2.18. The van der Waals surface area contributed by atoms with Gasteiger partial charge in [0.25, 0.3) is 0 Å². The molecule has 0 unspecified atom stereocenters. The topological polar surface area (TPSA) is 49.8 Å². The van der Waals surface area contributed by atoms with Crippen LogP contribution in [0.3, 0.4) is 0 Å². The van der Waals surface area contributed by atoms with Gasteiger partial charge in [0.05, 0.1) is 11.8 Å². The second-order valence-corrected chi connectivity index (χ2v) is 5.97. The van der Waals surface area contributed by atoms with E-state index in [0.29, 0.717) is 5.75 Å². The van der Waals surface area contributed by atoms with E-state index in [1.54, 1.807) is 0 Å². The molecule has 128 valence electrons. The number of hydrogen-bond acceptors (Lipinski definition) is 3. The van der Waals surface area contributed by atoms with Crippen LogP contribution in [0, 0.1) is 25.7 Å². The fourth-order valence-corrected chi connectivity index (χ4v) is 2.80. The monoisotopic (exact) mass is 331 g/mol. The maximum absolute atomic E-state index is 12.9. The third kappa shape index (κ3) is 4.37. The smallest absolute Gasteiger partial charge is 0.393 e. The molecule has 1 aliphatic heterocycles. The molecule has 1 aliphatic rings. The summed E-state index contributed by atoms with van der Waals surface area (Å²) < 4.78 is 44.3. The van der Waals surface area contributed by atoms with E-state index in [-0.39, 0.29) is 26.2 Å². The van der Waals surface area contributed by atoms with Gasteiger partial charge in [0, 0.05) is 19.6 Å². The van der Waals surface area contributed by atoms with E-state index in [2.05, 4.69) is 0 Å². The van der Waals surface area contributed by atoms with Gasteiger partial charge >= 0.3 is 12.1 Å². The Labute approximate surface area is 132 Å². The van der Waals surface area contributed by atoms with Crippen molar-refractivity contribution in [1.29, 1.82) is 0 Å². The Morgan fingerprint density at radius 1 is 1.35 bits per heavy atom. The zero-order valence-electron chi connectivity index (χ0n) is 13.1. The number of nitrogens with zero attached hydrogens (tertiary/aromatic N) is 1.